The summed E-state index contributed by atoms with van der Waals surface area (Å²) < 4.78 is 44.5. The lowest BCUT2D eigenvalue weighted by Gasteiger charge is -2.13. The third kappa shape index (κ3) is 2.81. The van der Waals surface area contributed by atoms with Gasteiger partial charge in [-0.1, -0.05) is 5.21 Å². The maximum atomic E-state index is 12.9. The average molecular weight is 292 g/mol. The molecule has 8 heteroatoms. The molecule has 19 heavy (non-hydrogen) atoms. The summed E-state index contributed by atoms with van der Waals surface area (Å²) in [6.07, 6.45) is -3.04. The summed E-state index contributed by atoms with van der Waals surface area (Å²) in [7, 11) is 1.19. The van der Waals surface area contributed by atoms with E-state index in [1.807, 2.05) is 0 Å². The highest BCUT2D eigenvalue weighted by Crippen LogP contribution is 2.37. The fourth-order valence-corrected chi connectivity index (χ4v) is 1.67. The zero-order valence-corrected chi connectivity index (χ0v) is 10.5. The summed E-state index contributed by atoms with van der Waals surface area (Å²) in [6.45, 7) is 0. The largest absolute Gasteiger partial charge is 0.496 e. The van der Waals surface area contributed by atoms with Gasteiger partial charge in [0.1, 0.15) is 5.75 Å². The summed E-state index contributed by atoms with van der Waals surface area (Å²) in [5, 5.41) is 7.42. The molecule has 2 aromatic rings. The van der Waals surface area contributed by atoms with Crippen molar-refractivity contribution in [3.8, 4) is 11.4 Å². The van der Waals surface area contributed by atoms with Crippen molar-refractivity contribution >= 4 is 11.6 Å². The molecule has 1 aromatic carbocycles. The molecule has 1 heterocycles. The Labute approximate surface area is 111 Å². The molecule has 2 rings (SSSR count). The summed E-state index contributed by atoms with van der Waals surface area (Å²) in [6, 6.07) is 3.65. The highest BCUT2D eigenvalue weighted by molar-refractivity contribution is 6.16. The molecular formula is C11H9ClF3N3O. The lowest BCUT2D eigenvalue weighted by atomic mass is 10.1. The molecule has 4 nitrogen and oxygen atoms in total. The van der Waals surface area contributed by atoms with Crippen molar-refractivity contribution in [1.82, 2.24) is 15.0 Å². The summed E-state index contributed by atoms with van der Waals surface area (Å²) in [5.41, 5.74) is -0.154. The number of halogens is 4. The second-order valence-corrected chi connectivity index (χ2v) is 3.94. The van der Waals surface area contributed by atoms with E-state index in [1.54, 1.807) is 0 Å². The lowest BCUT2D eigenvalue weighted by molar-refractivity contribution is -0.138. The van der Waals surface area contributed by atoms with E-state index >= 15 is 0 Å². The molecule has 102 valence electrons. The fraction of sp³-hybridized carbons (Fsp3) is 0.273. The zero-order chi connectivity index (χ0) is 14.0. The Morgan fingerprint density at radius 3 is 2.63 bits per heavy atom. The molecule has 0 aliphatic rings. The van der Waals surface area contributed by atoms with Crippen LogP contribution in [0.1, 0.15) is 11.3 Å². The number of benzene rings is 1. The van der Waals surface area contributed by atoms with Gasteiger partial charge in [-0.05, 0) is 18.2 Å². The number of hydrogen-bond acceptors (Lipinski definition) is 3. The van der Waals surface area contributed by atoms with Gasteiger partial charge in [0, 0.05) is 0 Å². The molecule has 0 saturated carbocycles. The lowest BCUT2D eigenvalue weighted by Crippen LogP contribution is -2.09. The Morgan fingerprint density at radius 2 is 2.11 bits per heavy atom. The molecule has 0 aliphatic carbocycles. The van der Waals surface area contributed by atoms with E-state index in [-0.39, 0.29) is 17.3 Å². The van der Waals surface area contributed by atoms with Crippen LogP contribution >= 0.6 is 11.6 Å². The van der Waals surface area contributed by atoms with Crippen molar-refractivity contribution in [2.75, 3.05) is 7.11 Å². The molecule has 0 aliphatic heterocycles. The van der Waals surface area contributed by atoms with Gasteiger partial charge in [-0.2, -0.15) is 13.2 Å². The SMILES string of the molecule is COc1ccc(-n2cc(CCl)nn2)cc1C(F)(F)F. The summed E-state index contributed by atoms with van der Waals surface area (Å²) in [5.74, 6) is -0.101. The van der Waals surface area contributed by atoms with Crippen LogP contribution in [0, 0.1) is 0 Å². The maximum Gasteiger partial charge on any atom is 0.420 e. The van der Waals surface area contributed by atoms with Gasteiger partial charge < -0.3 is 4.74 Å². The predicted molar refractivity (Wildman–Crippen MR) is 62.5 cm³/mol. The highest BCUT2D eigenvalue weighted by atomic mass is 35.5. The number of rotatable bonds is 3. The fourth-order valence-electron chi connectivity index (χ4n) is 1.55. The van der Waals surface area contributed by atoms with Crippen molar-refractivity contribution in [3.63, 3.8) is 0 Å². The first-order valence-corrected chi connectivity index (χ1v) is 5.72. The average Bonchev–Trinajstić information content (AvgIpc) is 2.85. The van der Waals surface area contributed by atoms with Crippen LogP contribution < -0.4 is 4.74 Å². The standard InChI is InChI=1S/C11H9ClF3N3O/c1-19-10-3-2-8(4-9(10)11(13,14)15)18-6-7(5-12)16-17-18/h2-4,6H,5H2,1H3. The first kappa shape index (κ1) is 13.7. The van der Waals surface area contributed by atoms with Gasteiger partial charge in [-0.3, -0.25) is 0 Å². The van der Waals surface area contributed by atoms with Crippen LogP contribution in [0.15, 0.2) is 24.4 Å². The van der Waals surface area contributed by atoms with Crippen LogP contribution in [0.25, 0.3) is 5.69 Å². The van der Waals surface area contributed by atoms with Gasteiger partial charge in [-0.25, -0.2) is 4.68 Å². The Bertz CT molecular complexity index is 583. The number of methoxy groups -OCH3 is 1. The monoisotopic (exact) mass is 291 g/mol. The van der Waals surface area contributed by atoms with E-state index in [0.29, 0.717) is 5.69 Å². The predicted octanol–water partition coefficient (Wildman–Crippen LogP) is 3.03. The molecule has 0 radical (unpaired) electrons. The number of hydrogen-bond donors (Lipinski definition) is 0. The van der Waals surface area contributed by atoms with Crippen molar-refractivity contribution < 1.29 is 17.9 Å². The van der Waals surface area contributed by atoms with Crippen molar-refractivity contribution in [3.05, 3.63) is 35.7 Å². The molecule has 0 unspecified atom stereocenters. The number of aromatic nitrogens is 3. The second-order valence-electron chi connectivity index (χ2n) is 3.67. The highest BCUT2D eigenvalue weighted by Gasteiger charge is 2.34. The van der Waals surface area contributed by atoms with Crippen LogP contribution in [-0.2, 0) is 12.1 Å². The van der Waals surface area contributed by atoms with Crippen molar-refractivity contribution in [1.29, 1.82) is 0 Å². The van der Waals surface area contributed by atoms with Gasteiger partial charge in [-0.15, -0.1) is 16.7 Å². The molecule has 1 aromatic heterocycles. The summed E-state index contributed by atoms with van der Waals surface area (Å²) in [4.78, 5) is 0. The second kappa shape index (κ2) is 5.08. The topological polar surface area (TPSA) is 39.9 Å². The third-order valence-electron chi connectivity index (χ3n) is 2.43. The van der Waals surface area contributed by atoms with Crippen LogP contribution in [0.5, 0.6) is 5.75 Å². The van der Waals surface area contributed by atoms with E-state index in [0.717, 1.165) is 6.07 Å². The molecule has 0 saturated heterocycles. The van der Waals surface area contributed by atoms with Gasteiger partial charge in [0.15, 0.2) is 0 Å². The zero-order valence-electron chi connectivity index (χ0n) is 9.78. The van der Waals surface area contributed by atoms with E-state index in [1.165, 1.54) is 30.1 Å². The minimum absolute atomic E-state index is 0.141. The van der Waals surface area contributed by atoms with Crippen molar-refractivity contribution in [2.45, 2.75) is 12.1 Å². The van der Waals surface area contributed by atoms with E-state index in [4.69, 9.17) is 16.3 Å². The minimum atomic E-state index is -4.50. The van der Waals surface area contributed by atoms with E-state index < -0.39 is 11.7 Å². The van der Waals surface area contributed by atoms with Gasteiger partial charge in [0.25, 0.3) is 0 Å². The molecule has 0 amide bonds. The molecule has 0 spiro atoms. The van der Waals surface area contributed by atoms with Crippen molar-refractivity contribution in [2.24, 2.45) is 0 Å². The Kier molecular flexibility index (Phi) is 3.66. The van der Waals surface area contributed by atoms with Gasteiger partial charge >= 0.3 is 6.18 Å². The smallest absolute Gasteiger partial charge is 0.420 e. The number of ether oxygens (including phenoxy) is 1. The maximum absolute atomic E-state index is 12.9. The molecule has 0 atom stereocenters. The van der Waals surface area contributed by atoms with Gasteiger partial charge in [0.05, 0.1) is 36.1 Å². The summed E-state index contributed by atoms with van der Waals surface area (Å²) >= 11 is 5.56. The minimum Gasteiger partial charge on any atom is -0.496 e. The molecule has 0 fully saturated rings. The Balaban J connectivity index is 2.48. The number of alkyl halides is 4. The van der Waals surface area contributed by atoms with E-state index in [9.17, 15) is 13.2 Å². The van der Waals surface area contributed by atoms with Gasteiger partial charge in [0.2, 0.25) is 0 Å². The van der Waals surface area contributed by atoms with Crippen LogP contribution in [0.4, 0.5) is 13.2 Å². The van der Waals surface area contributed by atoms with Crippen LogP contribution in [-0.4, -0.2) is 22.1 Å². The number of nitrogens with zero attached hydrogens (tertiary/aromatic N) is 3. The van der Waals surface area contributed by atoms with Crippen LogP contribution in [0.3, 0.4) is 0 Å². The normalized spacial score (nSPS) is 11.6. The van der Waals surface area contributed by atoms with Crippen LogP contribution in [0.2, 0.25) is 0 Å². The quantitative estimate of drug-likeness (QED) is 0.816. The Hall–Kier alpha value is -1.76. The Morgan fingerprint density at radius 1 is 1.37 bits per heavy atom. The van der Waals surface area contributed by atoms with E-state index in [2.05, 4.69) is 10.3 Å². The third-order valence-corrected chi connectivity index (χ3v) is 2.70. The first-order chi connectivity index (χ1) is 8.95. The molecule has 0 N–H and O–H groups in total. The molecule has 0 bridgehead atoms. The molecular weight excluding hydrogens is 283 g/mol. The first-order valence-electron chi connectivity index (χ1n) is 5.18.